The van der Waals surface area contributed by atoms with Crippen LogP contribution in [-0.4, -0.2) is 45.4 Å². The van der Waals surface area contributed by atoms with Crippen molar-refractivity contribution in [3.05, 3.63) is 42.1 Å². The fourth-order valence-corrected chi connectivity index (χ4v) is 3.54. The highest BCUT2D eigenvalue weighted by atomic mass is 16.2. The van der Waals surface area contributed by atoms with Gasteiger partial charge >= 0.3 is 0 Å². The van der Waals surface area contributed by atoms with Gasteiger partial charge in [0.2, 0.25) is 0 Å². The third kappa shape index (κ3) is 2.84. The first-order chi connectivity index (χ1) is 11.8. The average Bonchev–Trinajstić information content (AvgIpc) is 2.68. The van der Waals surface area contributed by atoms with E-state index in [1.54, 1.807) is 18.6 Å². The average molecular weight is 323 g/mol. The lowest BCUT2D eigenvalue weighted by Crippen LogP contribution is -2.36. The van der Waals surface area contributed by atoms with Crippen LogP contribution in [0, 0.1) is 0 Å². The second-order valence-corrected chi connectivity index (χ2v) is 6.41. The van der Waals surface area contributed by atoms with Crippen molar-refractivity contribution in [2.24, 2.45) is 0 Å². The lowest BCUT2D eigenvalue weighted by molar-refractivity contribution is 0.0724. The molecule has 0 bridgehead atoms. The van der Waals surface area contributed by atoms with Crippen LogP contribution in [0.15, 0.2) is 31.0 Å². The largest absolute Gasteiger partial charge is 0.339 e. The topological polar surface area (TPSA) is 62.2 Å². The summed E-state index contributed by atoms with van der Waals surface area (Å²) in [6.45, 7) is 2.62. The number of aromatic nitrogens is 3. The molecule has 4 heterocycles. The van der Waals surface area contributed by atoms with E-state index in [-0.39, 0.29) is 5.91 Å². The minimum atomic E-state index is 0.116. The molecule has 4 rings (SSSR count). The Hall–Kier alpha value is -2.50. The molecular weight excluding hydrogens is 302 g/mol. The Bertz CT molecular complexity index is 727. The number of likely N-dealkylation sites (tertiary alicyclic amines) is 1. The molecule has 2 aromatic heterocycles. The summed E-state index contributed by atoms with van der Waals surface area (Å²) < 4.78 is 0. The van der Waals surface area contributed by atoms with Crippen LogP contribution in [0.1, 0.15) is 41.6 Å². The highest BCUT2D eigenvalue weighted by molar-refractivity contribution is 5.94. The molecule has 0 aliphatic carbocycles. The van der Waals surface area contributed by atoms with Gasteiger partial charge in [-0.1, -0.05) is 0 Å². The van der Waals surface area contributed by atoms with Gasteiger partial charge in [-0.2, -0.15) is 0 Å². The number of rotatable bonds is 2. The van der Waals surface area contributed by atoms with E-state index in [9.17, 15) is 4.79 Å². The van der Waals surface area contributed by atoms with Crippen molar-refractivity contribution >= 4 is 17.4 Å². The summed E-state index contributed by atoms with van der Waals surface area (Å²) in [6, 6.07) is 2.02. The molecule has 0 spiro atoms. The number of carbonyl (C=O) groups is 1. The molecule has 124 valence electrons. The number of nitrogens with zero attached hydrogens (tertiary/aromatic N) is 5. The molecule has 6 heteroatoms. The van der Waals surface area contributed by atoms with E-state index in [2.05, 4.69) is 19.9 Å². The van der Waals surface area contributed by atoms with Gasteiger partial charge in [0, 0.05) is 25.8 Å². The van der Waals surface area contributed by atoms with Crippen molar-refractivity contribution in [1.82, 2.24) is 19.9 Å². The first-order valence-electron chi connectivity index (χ1n) is 8.64. The van der Waals surface area contributed by atoms with Crippen LogP contribution in [0.25, 0.3) is 0 Å². The lowest BCUT2D eigenvalue weighted by atomic mass is 10.0. The molecule has 0 atom stereocenters. The molecule has 0 N–H and O–H groups in total. The summed E-state index contributed by atoms with van der Waals surface area (Å²) >= 11 is 0. The van der Waals surface area contributed by atoms with E-state index in [4.69, 9.17) is 0 Å². The fourth-order valence-electron chi connectivity index (χ4n) is 3.54. The van der Waals surface area contributed by atoms with E-state index in [0.29, 0.717) is 5.56 Å². The molecule has 0 radical (unpaired) electrons. The Balaban J connectivity index is 1.62. The zero-order chi connectivity index (χ0) is 16.4. The van der Waals surface area contributed by atoms with Crippen molar-refractivity contribution < 1.29 is 4.79 Å². The molecule has 0 saturated carbocycles. The van der Waals surface area contributed by atoms with E-state index in [1.807, 2.05) is 11.0 Å². The fraction of sp³-hybridized carbons (Fsp3) is 0.444. The standard InChI is InChI=1S/C18H21N5O/c24-18(22-6-2-1-3-7-22)15-9-14-5-4-8-23(17(14)21-10-15)16-11-19-13-20-12-16/h9-13H,1-8H2. The third-order valence-corrected chi connectivity index (χ3v) is 4.78. The number of amides is 1. The van der Waals surface area contributed by atoms with Crippen LogP contribution in [0.4, 0.5) is 11.5 Å². The molecular formula is C18H21N5O. The van der Waals surface area contributed by atoms with Crippen LogP contribution in [-0.2, 0) is 6.42 Å². The first-order valence-corrected chi connectivity index (χ1v) is 8.64. The Morgan fingerprint density at radius 1 is 0.958 bits per heavy atom. The van der Waals surface area contributed by atoms with Crippen LogP contribution < -0.4 is 4.90 Å². The molecule has 1 saturated heterocycles. The van der Waals surface area contributed by atoms with Gasteiger partial charge in [0.1, 0.15) is 12.1 Å². The van der Waals surface area contributed by atoms with E-state index >= 15 is 0 Å². The Kier molecular flexibility index (Phi) is 4.11. The van der Waals surface area contributed by atoms with Crippen molar-refractivity contribution in [3.63, 3.8) is 0 Å². The molecule has 6 nitrogen and oxygen atoms in total. The molecule has 0 aromatic carbocycles. The Morgan fingerprint density at radius 3 is 2.54 bits per heavy atom. The predicted molar refractivity (Wildman–Crippen MR) is 91.4 cm³/mol. The summed E-state index contributed by atoms with van der Waals surface area (Å²) in [6.07, 6.45) is 12.3. The summed E-state index contributed by atoms with van der Waals surface area (Å²) in [5.41, 5.74) is 2.79. The number of pyridine rings is 1. The van der Waals surface area contributed by atoms with Crippen molar-refractivity contribution in [2.75, 3.05) is 24.5 Å². The summed E-state index contributed by atoms with van der Waals surface area (Å²) in [5, 5.41) is 0. The van der Waals surface area contributed by atoms with E-state index in [1.165, 1.54) is 12.7 Å². The molecule has 2 aliphatic heterocycles. The highest BCUT2D eigenvalue weighted by Gasteiger charge is 2.24. The van der Waals surface area contributed by atoms with Crippen LogP contribution >= 0.6 is 0 Å². The predicted octanol–water partition coefficient (Wildman–Crippen LogP) is 2.58. The normalized spacial score (nSPS) is 17.5. The van der Waals surface area contributed by atoms with Crippen molar-refractivity contribution in [3.8, 4) is 0 Å². The number of anilines is 2. The monoisotopic (exact) mass is 323 g/mol. The van der Waals surface area contributed by atoms with Gasteiger partial charge in [-0.25, -0.2) is 15.0 Å². The minimum Gasteiger partial charge on any atom is -0.339 e. The van der Waals surface area contributed by atoms with Gasteiger partial charge in [-0.05, 0) is 43.7 Å². The number of carbonyl (C=O) groups excluding carboxylic acids is 1. The number of hydrogen-bond acceptors (Lipinski definition) is 5. The van der Waals surface area contributed by atoms with Crippen molar-refractivity contribution in [1.29, 1.82) is 0 Å². The molecule has 2 aromatic rings. The van der Waals surface area contributed by atoms with Crippen LogP contribution in [0.2, 0.25) is 0 Å². The summed E-state index contributed by atoms with van der Waals surface area (Å²) in [4.78, 5) is 29.6. The minimum absolute atomic E-state index is 0.116. The maximum atomic E-state index is 12.7. The quantitative estimate of drug-likeness (QED) is 0.850. The second-order valence-electron chi connectivity index (χ2n) is 6.41. The maximum Gasteiger partial charge on any atom is 0.255 e. The third-order valence-electron chi connectivity index (χ3n) is 4.78. The van der Waals surface area contributed by atoms with Gasteiger partial charge in [0.15, 0.2) is 0 Å². The zero-order valence-electron chi connectivity index (χ0n) is 13.7. The molecule has 0 unspecified atom stereocenters. The van der Waals surface area contributed by atoms with Gasteiger partial charge in [-0.3, -0.25) is 4.79 Å². The smallest absolute Gasteiger partial charge is 0.255 e. The Morgan fingerprint density at radius 2 is 1.75 bits per heavy atom. The molecule has 2 aliphatic rings. The Labute approximate surface area is 141 Å². The van der Waals surface area contributed by atoms with Crippen LogP contribution in [0.5, 0.6) is 0 Å². The second kappa shape index (κ2) is 6.55. The van der Waals surface area contributed by atoms with E-state index < -0.39 is 0 Å². The summed E-state index contributed by atoms with van der Waals surface area (Å²) in [5.74, 6) is 1.04. The number of piperidine rings is 1. The van der Waals surface area contributed by atoms with Gasteiger partial charge in [-0.15, -0.1) is 0 Å². The van der Waals surface area contributed by atoms with E-state index in [0.717, 1.165) is 62.4 Å². The molecule has 1 fully saturated rings. The summed E-state index contributed by atoms with van der Waals surface area (Å²) in [7, 11) is 0. The SMILES string of the molecule is O=C(c1cnc2c(c1)CCCN2c1cncnc1)N1CCCCC1. The lowest BCUT2D eigenvalue weighted by Gasteiger charge is -2.30. The van der Waals surface area contributed by atoms with Gasteiger partial charge in [0.25, 0.3) is 5.91 Å². The highest BCUT2D eigenvalue weighted by Crippen LogP contribution is 2.31. The first kappa shape index (κ1) is 15.1. The number of fused-ring (bicyclic) bond motifs is 1. The van der Waals surface area contributed by atoms with Crippen LogP contribution in [0.3, 0.4) is 0 Å². The van der Waals surface area contributed by atoms with Gasteiger partial charge in [0.05, 0.1) is 23.6 Å². The zero-order valence-corrected chi connectivity index (χ0v) is 13.7. The molecule has 1 amide bonds. The molecule has 24 heavy (non-hydrogen) atoms. The van der Waals surface area contributed by atoms with Crippen molar-refractivity contribution in [2.45, 2.75) is 32.1 Å². The number of aryl methyl sites for hydroxylation is 1. The maximum absolute atomic E-state index is 12.7. The number of hydrogen-bond donors (Lipinski definition) is 0. The van der Waals surface area contributed by atoms with Gasteiger partial charge < -0.3 is 9.80 Å².